The standard InChI is InChI=1S/C23H22Cl2N2O5S/c1-4-31-18-9-14(8-17(25)21(18)32-5-2)10-19-22(29)27(23(30)33-19)12-20(28)26-15-7-6-13(3)16(24)11-15/h6-11H,4-5,12H2,1-3H3,(H,26,28)/b19-10+. The van der Waals surface area contributed by atoms with E-state index in [1.807, 2.05) is 20.8 Å². The number of imide groups is 1. The van der Waals surface area contributed by atoms with Crippen molar-refractivity contribution in [3.05, 3.63) is 56.4 Å². The summed E-state index contributed by atoms with van der Waals surface area (Å²) in [4.78, 5) is 38.7. The molecule has 0 aliphatic carbocycles. The number of nitrogens with one attached hydrogen (secondary N) is 1. The van der Waals surface area contributed by atoms with Crippen LogP contribution in [0.4, 0.5) is 10.5 Å². The number of anilines is 1. The van der Waals surface area contributed by atoms with Gasteiger partial charge in [0.05, 0.1) is 23.1 Å². The summed E-state index contributed by atoms with van der Waals surface area (Å²) in [7, 11) is 0. The molecule has 1 aliphatic rings. The van der Waals surface area contributed by atoms with Crippen molar-refractivity contribution in [1.82, 2.24) is 4.90 Å². The molecule has 33 heavy (non-hydrogen) atoms. The van der Waals surface area contributed by atoms with Crippen LogP contribution in [0.5, 0.6) is 11.5 Å². The third-order valence-corrected chi connectivity index (χ3v) is 6.14. The number of hydrogen-bond donors (Lipinski definition) is 1. The highest BCUT2D eigenvalue weighted by Gasteiger charge is 2.36. The van der Waals surface area contributed by atoms with Crippen LogP contribution in [-0.4, -0.2) is 41.7 Å². The van der Waals surface area contributed by atoms with Crippen molar-refractivity contribution in [2.75, 3.05) is 25.1 Å². The van der Waals surface area contributed by atoms with Gasteiger partial charge in [-0.3, -0.25) is 19.3 Å². The summed E-state index contributed by atoms with van der Waals surface area (Å²) in [6.45, 7) is 5.90. The molecule has 3 amide bonds. The Balaban J connectivity index is 1.76. The average molecular weight is 509 g/mol. The Morgan fingerprint density at radius 1 is 1.09 bits per heavy atom. The van der Waals surface area contributed by atoms with Crippen molar-refractivity contribution in [3.63, 3.8) is 0 Å². The van der Waals surface area contributed by atoms with Crippen LogP contribution in [0.15, 0.2) is 35.2 Å². The average Bonchev–Trinajstić information content (AvgIpc) is 3.01. The second-order valence-corrected chi connectivity index (χ2v) is 8.78. The van der Waals surface area contributed by atoms with Gasteiger partial charge in [0.15, 0.2) is 11.5 Å². The van der Waals surface area contributed by atoms with Gasteiger partial charge in [0.1, 0.15) is 6.54 Å². The number of benzene rings is 2. The Morgan fingerprint density at radius 3 is 2.48 bits per heavy atom. The maximum Gasteiger partial charge on any atom is 0.294 e. The molecule has 0 unspecified atom stereocenters. The molecule has 1 fully saturated rings. The molecule has 0 radical (unpaired) electrons. The van der Waals surface area contributed by atoms with Crippen molar-refractivity contribution in [3.8, 4) is 11.5 Å². The fourth-order valence-corrected chi connectivity index (χ4v) is 4.31. The third kappa shape index (κ3) is 6.01. The molecule has 3 rings (SSSR count). The predicted molar refractivity (Wildman–Crippen MR) is 131 cm³/mol. The highest BCUT2D eigenvalue weighted by molar-refractivity contribution is 8.18. The Bertz CT molecular complexity index is 1140. The molecule has 1 heterocycles. The summed E-state index contributed by atoms with van der Waals surface area (Å²) in [5.41, 5.74) is 1.91. The number of halogens is 2. The lowest BCUT2D eigenvalue weighted by Gasteiger charge is -2.14. The maximum atomic E-state index is 12.8. The molecule has 0 bridgehead atoms. The van der Waals surface area contributed by atoms with Crippen LogP contribution in [0.2, 0.25) is 10.0 Å². The first-order valence-electron chi connectivity index (χ1n) is 10.1. The van der Waals surface area contributed by atoms with E-state index in [0.29, 0.717) is 46.0 Å². The van der Waals surface area contributed by atoms with Gasteiger partial charge >= 0.3 is 0 Å². The van der Waals surface area contributed by atoms with Crippen LogP contribution >= 0.6 is 35.0 Å². The molecule has 0 saturated carbocycles. The van der Waals surface area contributed by atoms with E-state index in [9.17, 15) is 14.4 Å². The zero-order chi connectivity index (χ0) is 24.1. The number of carbonyl (C=O) groups excluding carboxylic acids is 3. The number of thioether (sulfide) groups is 1. The molecular weight excluding hydrogens is 487 g/mol. The van der Waals surface area contributed by atoms with Gasteiger partial charge in [-0.25, -0.2) is 0 Å². The minimum Gasteiger partial charge on any atom is -0.490 e. The van der Waals surface area contributed by atoms with Gasteiger partial charge in [-0.15, -0.1) is 0 Å². The third-order valence-electron chi connectivity index (χ3n) is 4.55. The van der Waals surface area contributed by atoms with E-state index in [1.54, 1.807) is 30.3 Å². The van der Waals surface area contributed by atoms with Gasteiger partial charge < -0.3 is 14.8 Å². The summed E-state index contributed by atoms with van der Waals surface area (Å²) >= 11 is 13.2. The van der Waals surface area contributed by atoms with Gasteiger partial charge in [0, 0.05) is 10.7 Å². The van der Waals surface area contributed by atoms with Crippen LogP contribution in [0.25, 0.3) is 6.08 Å². The second kappa shape index (κ2) is 11.0. The predicted octanol–water partition coefficient (Wildman–Crippen LogP) is 5.77. The number of aryl methyl sites for hydroxylation is 1. The fraction of sp³-hybridized carbons (Fsp3) is 0.261. The van der Waals surface area contributed by atoms with Crippen molar-refractivity contribution < 1.29 is 23.9 Å². The van der Waals surface area contributed by atoms with Crippen LogP contribution in [0.1, 0.15) is 25.0 Å². The summed E-state index contributed by atoms with van der Waals surface area (Å²) in [5.74, 6) is -0.223. The van der Waals surface area contributed by atoms with Gasteiger partial charge in [0.2, 0.25) is 5.91 Å². The maximum absolute atomic E-state index is 12.8. The zero-order valence-corrected chi connectivity index (χ0v) is 20.6. The molecule has 7 nitrogen and oxygen atoms in total. The largest absolute Gasteiger partial charge is 0.490 e. The van der Waals surface area contributed by atoms with Crippen LogP contribution < -0.4 is 14.8 Å². The lowest BCUT2D eigenvalue weighted by Crippen LogP contribution is -2.36. The highest BCUT2D eigenvalue weighted by atomic mass is 35.5. The number of rotatable bonds is 8. The molecule has 0 aromatic heterocycles. The van der Waals surface area contributed by atoms with Crippen LogP contribution in [0, 0.1) is 6.92 Å². The van der Waals surface area contributed by atoms with E-state index in [1.165, 1.54) is 6.08 Å². The molecule has 174 valence electrons. The summed E-state index contributed by atoms with van der Waals surface area (Å²) < 4.78 is 11.1. The van der Waals surface area contributed by atoms with Gasteiger partial charge in [-0.1, -0.05) is 29.3 Å². The Labute approximate surface area is 206 Å². The van der Waals surface area contributed by atoms with Crippen LogP contribution in [0.3, 0.4) is 0 Å². The highest BCUT2D eigenvalue weighted by Crippen LogP contribution is 2.39. The van der Waals surface area contributed by atoms with E-state index < -0.39 is 23.6 Å². The molecule has 0 spiro atoms. The van der Waals surface area contributed by atoms with Crippen molar-refractivity contribution in [2.24, 2.45) is 0 Å². The SMILES string of the molecule is CCOc1cc(/C=C2/SC(=O)N(CC(=O)Nc3ccc(C)c(Cl)c3)C2=O)cc(Cl)c1OCC. The minimum atomic E-state index is -0.565. The number of amides is 3. The van der Waals surface area contributed by atoms with E-state index in [2.05, 4.69) is 5.32 Å². The van der Waals surface area contributed by atoms with E-state index in [0.717, 1.165) is 22.2 Å². The molecule has 1 aliphatic heterocycles. The van der Waals surface area contributed by atoms with Crippen molar-refractivity contribution in [1.29, 1.82) is 0 Å². The number of hydrogen-bond acceptors (Lipinski definition) is 6. The van der Waals surface area contributed by atoms with Gasteiger partial charge in [-0.05, 0) is 74.0 Å². The molecular formula is C23H22Cl2N2O5S. The topological polar surface area (TPSA) is 84.9 Å². The first kappa shape index (κ1) is 25.0. The molecule has 1 saturated heterocycles. The van der Waals surface area contributed by atoms with Gasteiger partial charge in [0.25, 0.3) is 11.1 Å². The monoisotopic (exact) mass is 508 g/mol. The summed E-state index contributed by atoms with van der Waals surface area (Å²) in [6.07, 6.45) is 1.53. The molecule has 2 aromatic carbocycles. The fourth-order valence-electron chi connectivity index (χ4n) is 3.02. The first-order chi connectivity index (χ1) is 15.7. The normalized spacial score (nSPS) is 14.7. The van der Waals surface area contributed by atoms with Crippen molar-refractivity contribution >= 4 is 63.8 Å². The Hall–Kier alpha value is -2.68. The van der Waals surface area contributed by atoms with Crippen molar-refractivity contribution in [2.45, 2.75) is 20.8 Å². The first-order valence-corrected chi connectivity index (χ1v) is 11.7. The van der Waals surface area contributed by atoms with E-state index in [-0.39, 0.29) is 4.91 Å². The lowest BCUT2D eigenvalue weighted by molar-refractivity contribution is -0.127. The number of nitrogens with zero attached hydrogens (tertiary/aromatic N) is 1. The zero-order valence-electron chi connectivity index (χ0n) is 18.2. The summed E-state index contributed by atoms with van der Waals surface area (Å²) in [6, 6.07) is 8.37. The van der Waals surface area contributed by atoms with Gasteiger partial charge in [-0.2, -0.15) is 0 Å². The lowest BCUT2D eigenvalue weighted by atomic mass is 10.1. The minimum absolute atomic E-state index is 0.175. The summed E-state index contributed by atoms with van der Waals surface area (Å²) in [5, 5.41) is 2.93. The second-order valence-electron chi connectivity index (χ2n) is 6.98. The molecule has 10 heteroatoms. The molecule has 0 atom stereocenters. The van der Waals surface area contributed by atoms with E-state index >= 15 is 0 Å². The van der Waals surface area contributed by atoms with Crippen LogP contribution in [-0.2, 0) is 9.59 Å². The smallest absolute Gasteiger partial charge is 0.294 e. The Morgan fingerprint density at radius 2 is 1.82 bits per heavy atom. The number of ether oxygens (including phenoxy) is 2. The van der Waals surface area contributed by atoms with E-state index in [4.69, 9.17) is 32.7 Å². The molecule has 1 N–H and O–H groups in total. The Kier molecular flexibility index (Phi) is 8.29. The number of carbonyl (C=O) groups is 3. The molecule has 2 aromatic rings. The quantitative estimate of drug-likeness (QED) is 0.455.